The summed E-state index contributed by atoms with van der Waals surface area (Å²) in [6.07, 6.45) is 0.939. The van der Waals surface area contributed by atoms with Gasteiger partial charge in [0.1, 0.15) is 5.41 Å². The third-order valence-corrected chi connectivity index (χ3v) is 3.55. The van der Waals surface area contributed by atoms with Crippen LogP contribution in [0.4, 0.5) is 5.69 Å². The monoisotopic (exact) mass is 263 g/mol. The number of carbonyl (C=O) groups is 1. The molecule has 0 saturated heterocycles. The molecule has 5 heteroatoms. The van der Waals surface area contributed by atoms with E-state index in [1.54, 1.807) is 0 Å². The third-order valence-electron chi connectivity index (χ3n) is 3.55. The molecule has 19 heavy (non-hydrogen) atoms. The summed E-state index contributed by atoms with van der Waals surface area (Å²) in [7, 11) is 0. The summed E-state index contributed by atoms with van der Waals surface area (Å²) < 4.78 is 0. The number of aryl methyl sites for hydroxylation is 1. The van der Waals surface area contributed by atoms with Gasteiger partial charge in [0, 0.05) is 5.69 Å². The van der Waals surface area contributed by atoms with E-state index >= 15 is 0 Å². The Morgan fingerprint density at radius 1 is 1.32 bits per heavy atom. The van der Waals surface area contributed by atoms with Gasteiger partial charge >= 0.3 is 0 Å². The molecule has 0 aliphatic carbocycles. The molecule has 1 aromatic carbocycles. The Morgan fingerprint density at radius 3 is 2.26 bits per heavy atom. The molecule has 0 atom stereocenters. The van der Waals surface area contributed by atoms with Gasteiger partial charge < -0.3 is 16.3 Å². The van der Waals surface area contributed by atoms with Crippen LogP contribution >= 0.6 is 0 Å². The Labute approximate surface area is 113 Å². The number of anilines is 1. The largest absolute Gasteiger partial charge is 0.409 e. The highest BCUT2D eigenvalue weighted by Gasteiger charge is 2.39. The number of rotatable bonds is 5. The van der Waals surface area contributed by atoms with Crippen molar-refractivity contribution in [3.8, 4) is 0 Å². The van der Waals surface area contributed by atoms with Gasteiger partial charge in [-0.2, -0.15) is 0 Å². The van der Waals surface area contributed by atoms with Crippen molar-refractivity contribution in [2.45, 2.75) is 33.6 Å². The van der Waals surface area contributed by atoms with Gasteiger partial charge in [-0.15, -0.1) is 0 Å². The average Bonchev–Trinajstić information content (AvgIpc) is 2.43. The topological polar surface area (TPSA) is 87.7 Å². The zero-order chi connectivity index (χ0) is 14.5. The highest BCUT2D eigenvalue weighted by atomic mass is 16.4. The number of amidine groups is 1. The number of nitrogens with zero attached hydrogens (tertiary/aromatic N) is 1. The Hall–Kier alpha value is -2.04. The maximum absolute atomic E-state index is 12.4. The van der Waals surface area contributed by atoms with Gasteiger partial charge in [-0.05, 0) is 31.9 Å². The molecule has 0 radical (unpaired) electrons. The van der Waals surface area contributed by atoms with Crippen LogP contribution in [0.25, 0.3) is 0 Å². The molecule has 1 aromatic rings. The first-order valence-corrected chi connectivity index (χ1v) is 6.36. The van der Waals surface area contributed by atoms with Crippen LogP contribution in [0.5, 0.6) is 0 Å². The minimum atomic E-state index is -0.973. The van der Waals surface area contributed by atoms with Crippen molar-refractivity contribution in [1.29, 1.82) is 0 Å². The molecule has 0 unspecified atom stereocenters. The van der Waals surface area contributed by atoms with Crippen molar-refractivity contribution < 1.29 is 10.0 Å². The number of nitrogens with two attached hydrogens (primary N) is 1. The van der Waals surface area contributed by atoms with Gasteiger partial charge in [0.2, 0.25) is 5.91 Å². The summed E-state index contributed by atoms with van der Waals surface area (Å²) in [5, 5.41) is 14.7. The Bertz CT molecular complexity index is 462. The van der Waals surface area contributed by atoms with Crippen molar-refractivity contribution in [3.05, 3.63) is 29.8 Å². The standard InChI is InChI=1S/C14H21N3O2/c1-4-14(5-2,12(15)17-19)13(18)16-11-8-6-10(3)7-9-11/h6-9,19H,4-5H2,1-3H3,(H2,15,17)(H,16,18). The summed E-state index contributed by atoms with van der Waals surface area (Å²) in [6, 6.07) is 7.49. The summed E-state index contributed by atoms with van der Waals surface area (Å²) in [6.45, 7) is 5.66. The Morgan fingerprint density at radius 2 is 1.84 bits per heavy atom. The maximum Gasteiger partial charge on any atom is 0.238 e. The minimum Gasteiger partial charge on any atom is -0.409 e. The fourth-order valence-corrected chi connectivity index (χ4v) is 2.03. The summed E-state index contributed by atoms with van der Waals surface area (Å²) >= 11 is 0. The van der Waals surface area contributed by atoms with Gasteiger partial charge in [-0.1, -0.05) is 36.7 Å². The molecule has 0 aliphatic heterocycles. The number of carbonyl (C=O) groups excluding carboxylic acids is 1. The molecule has 0 bridgehead atoms. The van der Waals surface area contributed by atoms with E-state index in [9.17, 15) is 4.79 Å². The molecular formula is C14H21N3O2. The second kappa shape index (κ2) is 6.22. The SMILES string of the molecule is CCC(CC)(C(=O)Nc1ccc(C)cc1)C(N)=NO. The first kappa shape index (κ1) is 15.0. The van der Waals surface area contributed by atoms with Gasteiger partial charge in [-0.3, -0.25) is 4.79 Å². The van der Waals surface area contributed by atoms with E-state index in [2.05, 4.69) is 10.5 Å². The van der Waals surface area contributed by atoms with E-state index < -0.39 is 5.41 Å². The van der Waals surface area contributed by atoms with Crippen molar-refractivity contribution in [2.75, 3.05) is 5.32 Å². The predicted molar refractivity (Wildman–Crippen MR) is 76.2 cm³/mol. The Balaban J connectivity index is 2.98. The molecule has 4 N–H and O–H groups in total. The number of nitrogens with one attached hydrogen (secondary N) is 1. The van der Waals surface area contributed by atoms with Crippen LogP contribution < -0.4 is 11.1 Å². The maximum atomic E-state index is 12.4. The van der Waals surface area contributed by atoms with Crippen molar-refractivity contribution >= 4 is 17.4 Å². The molecular weight excluding hydrogens is 242 g/mol. The highest BCUT2D eigenvalue weighted by Crippen LogP contribution is 2.28. The van der Waals surface area contributed by atoms with Gasteiger partial charge in [0.15, 0.2) is 5.84 Å². The van der Waals surface area contributed by atoms with E-state index in [1.807, 2.05) is 45.0 Å². The van der Waals surface area contributed by atoms with Crippen LogP contribution in [-0.4, -0.2) is 17.0 Å². The zero-order valence-electron chi connectivity index (χ0n) is 11.6. The number of amides is 1. The molecule has 1 rings (SSSR count). The second-order valence-electron chi connectivity index (χ2n) is 4.59. The summed E-state index contributed by atoms with van der Waals surface area (Å²) in [5.41, 5.74) is 6.54. The number of oxime groups is 1. The number of benzene rings is 1. The first-order chi connectivity index (χ1) is 9.00. The van der Waals surface area contributed by atoms with Crippen LogP contribution in [0, 0.1) is 12.3 Å². The summed E-state index contributed by atoms with van der Waals surface area (Å²) in [5.74, 6) is -0.307. The van der Waals surface area contributed by atoms with Crippen molar-refractivity contribution in [2.24, 2.45) is 16.3 Å². The van der Waals surface area contributed by atoms with E-state index in [0.717, 1.165) is 5.56 Å². The first-order valence-electron chi connectivity index (χ1n) is 6.36. The quantitative estimate of drug-likeness (QED) is 0.330. The van der Waals surface area contributed by atoms with Crippen LogP contribution in [0.15, 0.2) is 29.4 Å². The normalized spacial score (nSPS) is 12.3. The molecule has 104 valence electrons. The smallest absolute Gasteiger partial charge is 0.238 e. The molecule has 0 spiro atoms. The lowest BCUT2D eigenvalue weighted by Crippen LogP contribution is -2.46. The van der Waals surface area contributed by atoms with Crippen molar-refractivity contribution in [3.63, 3.8) is 0 Å². The molecule has 0 saturated carbocycles. The molecule has 0 fully saturated rings. The van der Waals surface area contributed by atoms with E-state index in [-0.39, 0.29) is 11.7 Å². The number of hydrogen-bond acceptors (Lipinski definition) is 3. The molecule has 0 aromatic heterocycles. The second-order valence-corrected chi connectivity index (χ2v) is 4.59. The third kappa shape index (κ3) is 3.05. The van der Waals surface area contributed by atoms with Gasteiger partial charge in [0.25, 0.3) is 0 Å². The van der Waals surface area contributed by atoms with Crippen LogP contribution in [-0.2, 0) is 4.79 Å². The van der Waals surface area contributed by atoms with Gasteiger partial charge in [-0.25, -0.2) is 0 Å². The lowest BCUT2D eigenvalue weighted by Gasteiger charge is -2.28. The van der Waals surface area contributed by atoms with Gasteiger partial charge in [0.05, 0.1) is 0 Å². The van der Waals surface area contributed by atoms with Crippen molar-refractivity contribution in [1.82, 2.24) is 0 Å². The fraction of sp³-hybridized carbons (Fsp3) is 0.429. The molecule has 1 amide bonds. The molecule has 5 nitrogen and oxygen atoms in total. The lowest BCUT2D eigenvalue weighted by atomic mass is 9.80. The molecule has 0 aliphatic rings. The van der Waals surface area contributed by atoms with Crippen LogP contribution in [0.3, 0.4) is 0 Å². The fourth-order valence-electron chi connectivity index (χ4n) is 2.03. The molecule has 0 heterocycles. The van der Waals surface area contributed by atoms with E-state index in [1.165, 1.54) is 0 Å². The highest BCUT2D eigenvalue weighted by molar-refractivity contribution is 6.11. The minimum absolute atomic E-state index is 0.0536. The average molecular weight is 263 g/mol. The summed E-state index contributed by atoms with van der Waals surface area (Å²) in [4.78, 5) is 12.4. The van der Waals surface area contributed by atoms with E-state index in [4.69, 9.17) is 10.9 Å². The van der Waals surface area contributed by atoms with E-state index in [0.29, 0.717) is 18.5 Å². The lowest BCUT2D eigenvalue weighted by molar-refractivity contribution is -0.122. The predicted octanol–water partition coefficient (Wildman–Crippen LogP) is 2.49. The van der Waals surface area contributed by atoms with Crippen LogP contribution in [0.2, 0.25) is 0 Å². The van der Waals surface area contributed by atoms with Crippen LogP contribution in [0.1, 0.15) is 32.3 Å². The zero-order valence-corrected chi connectivity index (χ0v) is 11.6. The number of hydrogen-bond donors (Lipinski definition) is 3. The Kier molecular flexibility index (Phi) is 4.92.